The summed E-state index contributed by atoms with van der Waals surface area (Å²) in [5.41, 5.74) is 10.2. The Morgan fingerprint density at radius 3 is 2.11 bits per heavy atom. The molecule has 0 heterocycles. The second-order valence-electron chi connectivity index (χ2n) is 5.39. The molecule has 2 nitrogen and oxygen atoms in total. The Hall–Kier alpha value is -0.860. The predicted molar refractivity (Wildman–Crippen MR) is 79.8 cm³/mol. The number of benzene rings is 1. The van der Waals surface area contributed by atoms with E-state index in [0.29, 0.717) is 18.6 Å². The summed E-state index contributed by atoms with van der Waals surface area (Å²) in [6.45, 7) is 12.9. The van der Waals surface area contributed by atoms with Gasteiger partial charge in [-0.05, 0) is 57.4 Å². The van der Waals surface area contributed by atoms with Crippen molar-refractivity contribution in [3.05, 3.63) is 34.9 Å². The molecule has 1 atom stereocenters. The molecule has 0 aliphatic carbocycles. The first kappa shape index (κ1) is 15.2. The van der Waals surface area contributed by atoms with Gasteiger partial charge in [0.1, 0.15) is 0 Å². The van der Waals surface area contributed by atoms with Crippen LogP contribution < -0.4 is 5.73 Å². The molecule has 0 saturated heterocycles. The van der Waals surface area contributed by atoms with Crippen molar-refractivity contribution in [1.82, 2.24) is 4.90 Å². The van der Waals surface area contributed by atoms with Crippen LogP contribution >= 0.6 is 0 Å². The number of nitrogens with zero attached hydrogens (tertiary/aromatic N) is 1. The number of hydrogen-bond acceptors (Lipinski definition) is 2. The number of nitrogens with two attached hydrogens (primary N) is 1. The summed E-state index contributed by atoms with van der Waals surface area (Å²) in [5.74, 6) is 0. The van der Waals surface area contributed by atoms with Gasteiger partial charge < -0.3 is 5.73 Å². The molecule has 0 spiro atoms. The molecule has 0 fully saturated rings. The van der Waals surface area contributed by atoms with E-state index < -0.39 is 0 Å². The van der Waals surface area contributed by atoms with Crippen molar-refractivity contribution >= 4 is 0 Å². The third-order valence-electron chi connectivity index (χ3n) is 3.64. The molecule has 0 aliphatic rings. The zero-order valence-electron chi connectivity index (χ0n) is 12.5. The Morgan fingerprint density at radius 1 is 1.17 bits per heavy atom. The summed E-state index contributed by atoms with van der Waals surface area (Å²) >= 11 is 0. The molecule has 0 radical (unpaired) electrons. The van der Waals surface area contributed by atoms with Gasteiger partial charge in [-0.3, -0.25) is 4.90 Å². The smallest absolute Gasteiger partial charge is 0.0478 e. The third-order valence-corrected chi connectivity index (χ3v) is 3.64. The van der Waals surface area contributed by atoms with Crippen LogP contribution in [0.2, 0.25) is 0 Å². The van der Waals surface area contributed by atoms with Crippen LogP contribution in [-0.4, -0.2) is 24.0 Å². The molecule has 102 valence electrons. The second kappa shape index (κ2) is 6.91. The van der Waals surface area contributed by atoms with E-state index in [4.69, 9.17) is 5.73 Å². The zero-order valence-corrected chi connectivity index (χ0v) is 12.5. The van der Waals surface area contributed by atoms with E-state index in [1.54, 1.807) is 0 Å². The lowest BCUT2D eigenvalue weighted by atomic mass is 9.94. The van der Waals surface area contributed by atoms with E-state index >= 15 is 0 Å². The minimum Gasteiger partial charge on any atom is -0.329 e. The largest absolute Gasteiger partial charge is 0.329 e. The van der Waals surface area contributed by atoms with E-state index in [1.807, 2.05) is 0 Å². The van der Waals surface area contributed by atoms with Crippen LogP contribution in [0.1, 0.15) is 49.9 Å². The zero-order chi connectivity index (χ0) is 13.7. The molecule has 1 aromatic carbocycles. The van der Waals surface area contributed by atoms with Crippen LogP contribution in [0.25, 0.3) is 0 Å². The molecule has 18 heavy (non-hydrogen) atoms. The van der Waals surface area contributed by atoms with E-state index in [0.717, 1.165) is 6.54 Å². The SMILES string of the molecule is CCCN(C(C)C)C(CN)c1c(C)cccc1C. The molecular formula is C16H28N2. The molecule has 2 heteroatoms. The maximum Gasteiger partial charge on any atom is 0.0478 e. The van der Waals surface area contributed by atoms with Gasteiger partial charge in [-0.25, -0.2) is 0 Å². The first-order valence-corrected chi connectivity index (χ1v) is 7.04. The summed E-state index contributed by atoms with van der Waals surface area (Å²) in [5, 5.41) is 0. The Morgan fingerprint density at radius 2 is 1.72 bits per heavy atom. The van der Waals surface area contributed by atoms with Crippen LogP contribution in [0.5, 0.6) is 0 Å². The van der Waals surface area contributed by atoms with Crippen LogP contribution in [0.4, 0.5) is 0 Å². The van der Waals surface area contributed by atoms with Gasteiger partial charge in [0.15, 0.2) is 0 Å². The maximum atomic E-state index is 6.07. The molecule has 0 aliphatic heterocycles. The minimum absolute atomic E-state index is 0.339. The quantitative estimate of drug-likeness (QED) is 0.836. The van der Waals surface area contributed by atoms with Crippen molar-refractivity contribution in [2.75, 3.05) is 13.1 Å². The number of aryl methyl sites for hydroxylation is 2. The lowest BCUT2D eigenvalue weighted by Gasteiger charge is -2.36. The molecule has 1 unspecified atom stereocenters. The highest BCUT2D eigenvalue weighted by Gasteiger charge is 2.23. The second-order valence-corrected chi connectivity index (χ2v) is 5.39. The van der Waals surface area contributed by atoms with Gasteiger partial charge >= 0.3 is 0 Å². The summed E-state index contributed by atoms with van der Waals surface area (Å²) in [7, 11) is 0. The maximum absolute atomic E-state index is 6.07. The highest BCUT2D eigenvalue weighted by molar-refractivity contribution is 5.36. The normalized spacial score (nSPS) is 13.3. The fourth-order valence-corrected chi connectivity index (χ4v) is 2.80. The van der Waals surface area contributed by atoms with Gasteiger partial charge in [0.2, 0.25) is 0 Å². The molecule has 1 rings (SSSR count). The van der Waals surface area contributed by atoms with Gasteiger partial charge in [0, 0.05) is 18.6 Å². The fourth-order valence-electron chi connectivity index (χ4n) is 2.80. The first-order chi connectivity index (χ1) is 8.52. The summed E-state index contributed by atoms with van der Waals surface area (Å²) in [6.07, 6.45) is 1.17. The topological polar surface area (TPSA) is 29.3 Å². The lowest BCUT2D eigenvalue weighted by Crippen LogP contribution is -2.39. The van der Waals surface area contributed by atoms with Crippen molar-refractivity contribution in [3.8, 4) is 0 Å². The monoisotopic (exact) mass is 248 g/mol. The van der Waals surface area contributed by atoms with Gasteiger partial charge in [-0.15, -0.1) is 0 Å². The van der Waals surface area contributed by atoms with Gasteiger partial charge in [-0.1, -0.05) is 25.1 Å². The van der Waals surface area contributed by atoms with Crippen LogP contribution in [0, 0.1) is 13.8 Å². The molecule has 0 aromatic heterocycles. The highest BCUT2D eigenvalue weighted by Crippen LogP contribution is 2.28. The van der Waals surface area contributed by atoms with Gasteiger partial charge in [-0.2, -0.15) is 0 Å². The molecule has 0 amide bonds. The molecular weight excluding hydrogens is 220 g/mol. The van der Waals surface area contributed by atoms with Crippen LogP contribution in [0.3, 0.4) is 0 Å². The van der Waals surface area contributed by atoms with Crippen molar-refractivity contribution in [2.45, 2.75) is 53.1 Å². The van der Waals surface area contributed by atoms with E-state index in [9.17, 15) is 0 Å². The van der Waals surface area contributed by atoms with Crippen molar-refractivity contribution < 1.29 is 0 Å². The highest BCUT2D eigenvalue weighted by atomic mass is 15.2. The Balaban J connectivity index is 3.14. The lowest BCUT2D eigenvalue weighted by molar-refractivity contribution is 0.156. The number of rotatable bonds is 6. The van der Waals surface area contributed by atoms with Crippen LogP contribution in [-0.2, 0) is 0 Å². The Labute approximate surface area is 112 Å². The standard InChI is InChI=1S/C16H28N2/c1-6-10-18(12(2)3)15(11-17)16-13(4)8-7-9-14(16)5/h7-9,12,15H,6,10-11,17H2,1-5H3. The average Bonchev–Trinajstić information content (AvgIpc) is 2.31. The third kappa shape index (κ3) is 3.33. The fraction of sp³-hybridized carbons (Fsp3) is 0.625. The van der Waals surface area contributed by atoms with Gasteiger partial charge in [0.25, 0.3) is 0 Å². The van der Waals surface area contributed by atoms with Gasteiger partial charge in [0.05, 0.1) is 0 Å². The van der Waals surface area contributed by atoms with Crippen molar-refractivity contribution in [2.24, 2.45) is 5.73 Å². The summed E-state index contributed by atoms with van der Waals surface area (Å²) in [6, 6.07) is 7.37. The van der Waals surface area contributed by atoms with Crippen molar-refractivity contribution in [3.63, 3.8) is 0 Å². The predicted octanol–water partition coefficient (Wildman–Crippen LogP) is 3.42. The summed E-state index contributed by atoms with van der Waals surface area (Å²) < 4.78 is 0. The molecule has 0 bridgehead atoms. The average molecular weight is 248 g/mol. The Bertz CT molecular complexity index is 351. The molecule has 0 saturated carbocycles. The number of hydrogen-bond donors (Lipinski definition) is 1. The van der Waals surface area contributed by atoms with Crippen molar-refractivity contribution in [1.29, 1.82) is 0 Å². The van der Waals surface area contributed by atoms with E-state index in [-0.39, 0.29) is 0 Å². The minimum atomic E-state index is 0.339. The Kier molecular flexibility index (Phi) is 5.83. The van der Waals surface area contributed by atoms with E-state index in [1.165, 1.54) is 23.1 Å². The first-order valence-electron chi connectivity index (χ1n) is 7.04. The van der Waals surface area contributed by atoms with E-state index in [2.05, 4.69) is 57.7 Å². The van der Waals surface area contributed by atoms with Crippen LogP contribution in [0.15, 0.2) is 18.2 Å². The molecule has 2 N–H and O–H groups in total. The molecule has 1 aromatic rings. The summed E-state index contributed by atoms with van der Waals surface area (Å²) in [4.78, 5) is 2.52.